The maximum Gasteiger partial charge on any atom is 0.269 e. The van der Waals surface area contributed by atoms with E-state index in [-0.39, 0.29) is 11.6 Å². The van der Waals surface area contributed by atoms with Gasteiger partial charge in [-0.3, -0.25) is 14.9 Å². The number of thioether (sulfide) groups is 1. The zero-order valence-electron chi connectivity index (χ0n) is 13.2. The van der Waals surface area contributed by atoms with Gasteiger partial charge < -0.3 is 5.32 Å². The zero-order valence-corrected chi connectivity index (χ0v) is 14.0. The molecule has 2 aromatic carbocycles. The molecule has 0 unspecified atom stereocenters. The van der Waals surface area contributed by atoms with E-state index in [2.05, 4.69) is 11.4 Å². The summed E-state index contributed by atoms with van der Waals surface area (Å²) in [4.78, 5) is 23.1. The van der Waals surface area contributed by atoms with Crippen LogP contribution >= 0.6 is 11.8 Å². The molecule has 2 rings (SSSR count). The summed E-state index contributed by atoms with van der Waals surface area (Å²) in [5.74, 6) is 0.355. The van der Waals surface area contributed by atoms with Crippen LogP contribution in [0.1, 0.15) is 12.0 Å². The van der Waals surface area contributed by atoms with Gasteiger partial charge in [-0.15, -0.1) is 11.8 Å². The third-order valence-corrected chi connectivity index (χ3v) is 4.22. The quantitative estimate of drug-likeness (QED) is 0.264. The van der Waals surface area contributed by atoms with Crippen LogP contribution in [0, 0.1) is 21.4 Å². The van der Waals surface area contributed by atoms with Crippen molar-refractivity contribution >= 4 is 35.1 Å². The Balaban J connectivity index is 2.00. The smallest absolute Gasteiger partial charge is 0.269 e. The fraction of sp³-hybridized carbons (Fsp3) is 0.111. The highest BCUT2D eigenvalue weighted by molar-refractivity contribution is 7.99. The molecule has 2 aromatic rings. The molecule has 0 aliphatic rings. The van der Waals surface area contributed by atoms with Crippen LogP contribution in [0.4, 0.5) is 11.4 Å². The average Bonchev–Trinajstić information content (AvgIpc) is 2.62. The fourth-order valence-corrected chi connectivity index (χ4v) is 2.82. The van der Waals surface area contributed by atoms with Gasteiger partial charge >= 0.3 is 0 Å². The van der Waals surface area contributed by atoms with Gasteiger partial charge in [0.1, 0.15) is 0 Å². The van der Waals surface area contributed by atoms with Gasteiger partial charge in [-0.1, -0.05) is 12.1 Å². The van der Waals surface area contributed by atoms with Crippen LogP contribution in [0.5, 0.6) is 0 Å². The highest BCUT2D eigenvalue weighted by atomic mass is 32.2. The predicted molar refractivity (Wildman–Crippen MR) is 98.2 cm³/mol. The Morgan fingerprint density at radius 3 is 2.64 bits per heavy atom. The Morgan fingerprint density at radius 1 is 1.24 bits per heavy atom. The zero-order chi connectivity index (χ0) is 18.1. The molecule has 0 aliphatic carbocycles. The molecule has 0 heterocycles. The monoisotopic (exact) mass is 353 g/mol. The minimum atomic E-state index is -0.471. The van der Waals surface area contributed by atoms with Gasteiger partial charge in [0.2, 0.25) is 5.91 Å². The van der Waals surface area contributed by atoms with E-state index >= 15 is 0 Å². The van der Waals surface area contributed by atoms with Crippen LogP contribution in [-0.2, 0) is 4.79 Å². The fourth-order valence-electron chi connectivity index (χ4n) is 1.96. The Labute approximate surface area is 149 Å². The lowest BCUT2D eigenvalue weighted by Gasteiger charge is -2.08. The third-order valence-electron chi connectivity index (χ3n) is 3.15. The molecule has 7 heteroatoms. The molecule has 25 heavy (non-hydrogen) atoms. The first-order valence-corrected chi connectivity index (χ1v) is 8.41. The van der Waals surface area contributed by atoms with Crippen molar-refractivity contribution in [3.63, 3.8) is 0 Å². The lowest BCUT2D eigenvalue weighted by atomic mass is 10.2. The second-order valence-electron chi connectivity index (χ2n) is 4.92. The lowest BCUT2D eigenvalue weighted by Crippen LogP contribution is -2.08. The first-order chi connectivity index (χ1) is 12.1. The first-order valence-electron chi connectivity index (χ1n) is 7.42. The van der Waals surface area contributed by atoms with Gasteiger partial charge in [0.25, 0.3) is 5.69 Å². The molecule has 0 bridgehead atoms. The molecule has 0 atom stereocenters. The maximum atomic E-state index is 12.1. The number of nitrogens with one attached hydrogen (secondary N) is 1. The number of non-ortho nitro benzene ring substituents is 1. The predicted octanol–water partition coefficient (Wildman–Crippen LogP) is 4.25. The maximum absolute atomic E-state index is 12.1. The van der Waals surface area contributed by atoms with Crippen LogP contribution in [-0.4, -0.2) is 16.6 Å². The summed E-state index contributed by atoms with van der Waals surface area (Å²) < 4.78 is 0. The Kier molecular flexibility index (Phi) is 6.75. The molecule has 1 amide bonds. The van der Waals surface area contributed by atoms with Gasteiger partial charge in [-0.05, 0) is 35.9 Å². The lowest BCUT2D eigenvalue weighted by molar-refractivity contribution is -0.384. The van der Waals surface area contributed by atoms with Gasteiger partial charge in [0, 0.05) is 35.3 Å². The van der Waals surface area contributed by atoms with Crippen LogP contribution < -0.4 is 5.32 Å². The summed E-state index contributed by atoms with van der Waals surface area (Å²) >= 11 is 1.51. The molecular formula is C18H15N3O3S. The van der Waals surface area contributed by atoms with Gasteiger partial charge in [0.05, 0.1) is 16.7 Å². The number of nitriles is 1. The number of rotatable bonds is 7. The third kappa shape index (κ3) is 5.79. The number of hydrogen-bond acceptors (Lipinski definition) is 5. The van der Waals surface area contributed by atoms with E-state index in [9.17, 15) is 14.9 Å². The first kappa shape index (κ1) is 18.2. The van der Waals surface area contributed by atoms with Crippen LogP contribution in [0.25, 0.3) is 6.08 Å². The number of amides is 1. The van der Waals surface area contributed by atoms with E-state index in [0.29, 0.717) is 23.4 Å². The summed E-state index contributed by atoms with van der Waals surface area (Å²) in [6.07, 6.45) is 3.40. The molecule has 0 saturated heterocycles. The van der Waals surface area contributed by atoms with E-state index in [1.807, 2.05) is 18.2 Å². The van der Waals surface area contributed by atoms with Crippen LogP contribution in [0.3, 0.4) is 0 Å². The number of nitro groups is 1. The van der Waals surface area contributed by atoms with Gasteiger partial charge in [0.15, 0.2) is 0 Å². The molecule has 0 saturated carbocycles. The number of hydrogen-bond donors (Lipinski definition) is 1. The van der Waals surface area contributed by atoms with E-state index in [1.165, 1.54) is 30.0 Å². The highest BCUT2D eigenvalue weighted by Gasteiger charge is 2.05. The van der Waals surface area contributed by atoms with Gasteiger partial charge in [-0.25, -0.2) is 0 Å². The number of nitro benzene ring substituents is 1. The second kappa shape index (κ2) is 9.25. The van der Waals surface area contributed by atoms with Crippen molar-refractivity contribution in [1.82, 2.24) is 0 Å². The van der Waals surface area contributed by atoms with Crippen molar-refractivity contribution in [3.05, 3.63) is 70.3 Å². The number of anilines is 1. The molecule has 6 nitrogen and oxygen atoms in total. The number of benzene rings is 2. The molecule has 0 aliphatic heterocycles. The molecule has 126 valence electrons. The second-order valence-corrected chi connectivity index (χ2v) is 6.06. The minimum Gasteiger partial charge on any atom is -0.321 e. The number of nitrogens with zero attached hydrogens (tertiary/aromatic N) is 2. The standard InChI is InChI=1S/C18H15N3O3S/c19-12-3-13-25-17-5-2-1-4-16(17)20-18(22)11-8-14-6-9-15(10-7-14)21(23)24/h1-2,4-11H,3,13H2,(H,20,22). The topological polar surface area (TPSA) is 96.0 Å². The summed E-state index contributed by atoms with van der Waals surface area (Å²) in [5.41, 5.74) is 1.38. The van der Waals surface area contributed by atoms with Crippen molar-refractivity contribution in [2.24, 2.45) is 0 Å². The molecular weight excluding hydrogens is 338 g/mol. The van der Waals surface area contributed by atoms with Gasteiger partial charge in [-0.2, -0.15) is 5.26 Å². The van der Waals surface area contributed by atoms with E-state index in [1.54, 1.807) is 24.3 Å². The van der Waals surface area contributed by atoms with E-state index in [4.69, 9.17) is 5.26 Å². The molecule has 0 radical (unpaired) electrons. The number of para-hydroxylation sites is 1. The minimum absolute atomic E-state index is 0.00456. The Morgan fingerprint density at radius 2 is 1.96 bits per heavy atom. The highest BCUT2D eigenvalue weighted by Crippen LogP contribution is 2.27. The SMILES string of the molecule is N#CCCSc1ccccc1NC(=O)C=Cc1ccc([N+](=O)[O-])cc1. The summed E-state index contributed by atoms with van der Waals surface area (Å²) in [7, 11) is 0. The molecule has 0 fully saturated rings. The Hall–Kier alpha value is -3.11. The Bertz CT molecular complexity index is 826. The largest absolute Gasteiger partial charge is 0.321 e. The summed E-state index contributed by atoms with van der Waals surface area (Å²) in [5, 5.41) is 22.0. The van der Waals surface area contributed by atoms with Crippen molar-refractivity contribution in [2.45, 2.75) is 11.3 Å². The van der Waals surface area contributed by atoms with Crippen LogP contribution in [0.2, 0.25) is 0 Å². The van der Waals surface area contributed by atoms with Crippen molar-refractivity contribution in [3.8, 4) is 6.07 Å². The average molecular weight is 353 g/mol. The summed E-state index contributed by atoms with van der Waals surface area (Å²) in [6.45, 7) is 0. The van der Waals surface area contributed by atoms with Crippen molar-refractivity contribution in [2.75, 3.05) is 11.1 Å². The summed E-state index contributed by atoms with van der Waals surface area (Å²) in [6, 6.07) is 15.4. The van der Waals surface area contributed by atoms with E-state index in [0.717, 1.165) is 4.90 Å². The number of carbonyl (C=O) groups excluding carboxylic acids is 1. The molecule has 0 spiro atoms. The van der Waals surface area contributed by atoms with Crippen molar-refractivity contribution in [1.29, 1.82) is 5.26 Å². The molecule has 0 aromatic heterocycles. The normalized spacial score (nSPS) is 10.4. The van der Waals surface area contributed by atoms with Crippen LogP contribution in [0.15, 0.2) is 59.5 Å². The van der Waals surface area contributed by atoms with E-state index < -0.39 is 4.92 Å². The van der Waals surface area contributed by atoms with Crippen molar-refractivity contribution < 1.29 is 9.72 Å². The number of carbonyl (C=O) groups is 1. The molecule has 1 N–H and O–H groups in total.